The van der Waals surface area contributed by atoms with Gasteiger partial charge in [0.05, 0.1) is 0 Å². The van der Waals surface area contributed by atoms with Gasteiger partial charge in [0, 0.05) is 16.4 Å². The number of halogens is 2. The first kappa shape index (κ1) is 13.7. The van der Waals surface area contributed by atoms with Crippen molar-refractivity contribution in [3.63, 3.8) is 0 Å². The lowest BCUT2D eigenvalue weighted by Crippen LogP contribution is -2.22. The Balaban J connectivity index is 2.08. The van der Waals surface area contributed by atoms with Crippen LogP contribution in [0.25, 0.3) is 0 Å². The predicted octanol–water partition coefficient (Wildman–Crippen LogP) is 3.13. The van der Waals surface area contributed by atoms with E-state index in [9.17, 15) is 12.8 Å². The Morgan fingerprint density at radius 2 is 1.94 bits per heavy atom. The maximum Gasteiger partial charge on any atom is 0.250 e. The van der Waals surface area contributed by atoms with E-state index in [0.717, 1.165) is 15.8 Å². The van der Waals surface area contributed by atoms with Crippen LogP contribution in [-0.4, -0.2) is 8.42 Å². The summed E-state index contributed by atoms with van der Waals surface area (Å²) in [6.45, 7) is 0.137. The van der Waals surface area contributed by atoms with Crippen LogP contribution in [0.2, 0.25) is 0 Å². The van der Waals surface area contributed by atoms with E-state index in [0.29, 0.717) is 5.56 Å². The van der Waals surface area contributed by atoms with E-state index in [1.165, 1.54) is 18.2 Å². The maximum atomic E-state index is 12.7. The molecule has 0 spiro atoms. The van der Waals surface area contributed by atoms with Crippen molar-refractivity contribution < 1.29 is 12.8 Å². The van der Waals surface area contributed by atoms with Gasteiger partial charge in [-0.1, -0.05) is 12.1 Å². The highest BCUT2D eigenvalue weighted by atomic mass is 79.9. The Labute approximate surface area is 117 Å². The Morgan fingerprint density at radius 3 is 2.50 bits per heavy atom. The minimum absolute atomic E-state index is 0.137. The third kappa shape index (κ3) is 3.38. The molecule has 1 aromatic heterocycles. The Kier molecular flexibility index (Phi) is 4.16. The normalized spacial score (nSPS) is 11.7. The maximum absolute atomic E-state index is 12.7. The molecule has 0 saturated heterocycles. The zero-order valence-electron chi connectivity index (χ0n) is 9.06. The van der Waals surface area contributed by atoms with Gasteiger partial charge in [0.2, 0.25) is 10.0 Å². The predicted molar refractivity (Wildman–Crippen MR) is 72.4 cm³/mol. The van der Waals surface area contributed by atoms with Gasteiger partial charge >= 0.3 is 0 Å². The van der Waals surface area contributed by atoms with Crippen molar-refractivity contribution in [1.82, 2.24) is 4.72 Å². The SMILES string of the molecule is O=S(=O)(NCc1ccc(F)cc1)c1cc(Br)cs1. The molecular weight excluding hydrogens is 341 g/mol. The standard InChI is InChI=1S/C11H9BrFNO2S2/c12-9-5-11(17-7-9)18(15,16)14-6-8-1-3-10(13)4-2-8/h1-5,7,14H,6H2. The molecule has 2 rings (SSSR count). The van der Waals surface area contributed by atoms with Gasteiger partial charge in [0.25, 0.3) is 0 Å². The van der Waals surface area contributed by atoms with E-state index in [4.69, 9.17) is 0 Å². The van der Waals surface area contributed by atoms with Gasteiger partial charge in [-0.2, -0.15) is 0 Å². The van der Waals surface area contributed by atoms with Gasteiger partial charge < -0.3 is 0 Å². The van der Waals surface area contributed by atoms with E-state index >= 15 is 0 Å². The van der Waals surface area contributed by atoms with Crippen molar-refractivity contribution >= 4 is 37.3 Å². The molecule has 0 fully saturated rings. The summed E-state index contributed by atoms with van der Waals surface area (Å²) in [5.41, 5.74) is 0.704. The smallest absolute Gasteiger partial charge is 0.207 e. The summed E-state index contributed by atoms with van der Waals surface area (Å²) in [6, 6.07) is 7.22. The molecule has 96 valence electrons. The summed E-state index contributed by atoms with van der Waals surface area (Å²) >= 11 is 4.34. The fraction of sp³-hybridized carbons (Fsp3) is 0.0909. The molecule has 0 amide bonds. The van der Waals surface area contributed by atoms with Crippen LogP contribution < -0.4 is 4.72 Å². The van der Waals surface area contributed by atoms with Gasteiger partial charge in [0.1, 0.15) is 10.0 Å². The third-order valence-corrected chi connectivity index (χ3v) is 5.79. The van der Waals surface area contributed by atoms with E-state index in [-0.39, 0.29) is 16.6 Å². The van der Waals surface area contributed by atoms with Crippen LogP contribution in [0.5, 0.6) is 0 Å². The molecule has 1 N–H and O–H groups in total. The molecule has 0 aliphatic carbocycles. The largest absolute Gasteiger partial charge is 0.250 e. The van der Waals surface area contributed by atoms with Crippen molar-refractivity contribution in [3.05, 3.63) is 51.6 Å². The van der Waals surface area contributed by atoms with Crippen LogP contribution in [0.15, 0.2) is 44.4 Å². The van der Waals surface area contributed by atoms with Crippen LogP contribution in [0.1, 0.15) is 5.56 Å². The molecule has 1 heterocycles. The first-order valence-electron chi connectivity index (χ1n) is 4.95. The summed E-state index contributed by atoms with van der Waals surface area (Å²) in [5, 5.41) is 1.70. The topological polar surface area (TPSA) is 46.2 Å². The van der Waals surface area contributed by atoms with E-state index in [1.54, 1.807) is 17.5 Å². The highest BCUT2D eigenvalue weighted by Gasteiger charge is 2.15. The first-order chi connectivity index (χ1) is 8.47. The van der Waals surface area contributed by atoms with Crippen molar-refractivity contribution in [1.29, 1.82) is 0 Å². The molecule has 7 heteroatoms. The molecule has 0 unspecified atom stereocenters. The van der Waals surface area contributed by atoms with E-state index in [2.05, 4.69) is 20.7 Å². The fourth-order valence-corrected chi connectivity index (χ4v) is 4.20. The minimum atomic E-state index is -3.50. The quantitative estimate of drug-likeness (QED) is 0.921. The summed E-state index contributed by atoms with van der Waals surface area (Å²) in [7, 11) is -3.50. The molecule has 0 aliphatic heterocycles. The summed E-state index contributed by atoms with van der Waals surface area (Å²) in [5.74, 6) is -0.344. The Bertz CT molecular complexity index is 637. The Hall–Kier alpha value is -0.760. The molecule has 0 saturated carbocycles. The van der Waals surface area contributed by atoms with Gasteiger partial charge in [-0.25, -0.2) is 17.5 Å². The molecule has 0 aliphatic rings. The van der Waals surface area contributed by atoms with Gasteiger partial charge in [-0.3, -0.25) is 0 Å². The first-order valence-corrected chi connectivity index (χ1v) is 8.11. The van der Waals surface area contributed by atoms with Crippen molar-refractivity contribution in [2.45, 2.75) is 10.8 Å². The average Bonchev–Trinajstić information content (AvgIpc) is 2.76. The fourth-order valence-electron chi connectivity index (χ4n) is 1.29. The molecule has 3 nitrogen and oxygen atoms in total. The van der Waals surface area contributed by atoms with Crippen LogP contribution >= 0.6 is 27.3 Å². The summed E-state index contributed by atoms with van der Waals surface area (Å²) in [6.07, 6.45) is 0. The van der Waals surface area contributed by atoms with E-state index < -0.39 is 10.0 Å². The minimum Gasteiger partial charge on any atom is -0.207 e. The zero-order chi connectivity index (χ0) is 13.2. The number of benzene rings is 1. The summed E-state index contributed by atoms with van der Waals surface area (Å²) in [4.78, 5) is 0. The Morgan fingerprint density at radius 1 is 1.28 bits per heavy atom. The van der Waals surface area contributed by atoms with Gasteiger partial charge in [-0.05, 0) is 39.7 Å². The van der Waals surface area contributed by atoms with Gasteiger partial charge in [-0.15, -0.1) is 11.3 Å². The molecule has 1 aromatic carbocycles. The third-order valence-electron chi connectivity index (χ3n) is 2.19. The van der Waals surface area contributed by atoms with Crippen LogP contribution in [0.4, 0.5) is 4.39 Å². The van der Waals surface area contributed by atoms with Crippen molar-refractivity contribution in [2.75, 3.05) is 0 Å². The zero-order valence-corrected chi connectivity index (χ0v) is 12.3. The highest BCUT2D eigenvalue weighted by molar-refractivity contribution is 9.10. The molecule has 18 heavy (non-hydrogen) atoms. The second kappa shape index (κ2) is 5.48. The molecule has 0 radical (unpaired) electrons. The second-order valence-electron chi connectivity index (χ2n) is 3.53. The molecule has 0 bridgehead atoms. The number of rotatable bonds is 4. The number of nitrogens with one attached hydrogen (secondary N) is 1. The molecule has 2 aromatic rings. The number of thiophene rings is 1. The lowest BCUT2D eigenvalue weighted by molar-refractivity contribution is 0.583. The number of hydrogen-bond acceptors (Lipinski definition) is 3. The highest BCUT2D eigenvalue weighted by Crippen LogP contribution is 2.23. The summed E-state index contributed by atoms with van der Waals surface area (Å²) < 4.78 is 39.9. The van der Waals surface area contributed by atoms with Crippen LogP contribution in [0.3, 0.4) is 0 Å². The lowest BCUT2D eigenvalue weighted by atomic mass is 10.2. The molecule has 0 atom stereocenters. The number of hydrogen-bond donors (Lipinski definition) is 1. The van der Waals surface area contributed by atoms with E-state index in [1.807, 2.05) is 0 Å². The van der Waals surface area contributed by atoms with Crippen molar-refractivity contribution in [3.8, 4) is 0 Å². The average molecular weight is 350 g/mol. The lowest BCUT2D eigenvalue weighted by Gasteiger charge is -2.04. The van der Waals surface area contributed by atoms with Crippen LogP contribution in [0, 0.1) is 5.82 Å². The second-order valence-corrected chi connectivity index (χ2v) is 7.36. The number of sulfonamides is 1. The molecular formula is C11H9BrFNO2S2. The monoisotopic (exact) mass is 349 g/mol. The van der Waals surface area contributed by atoms with Gasteiger partial charge in [0.15, 0.2) is 0 Å². The van der Waals surface area contributed by atoms with Crippen LogP contribution in [-0.2, 0) is 16.6 Å². The van der Waals surface area contributed by atoms with Crippen molar-refractivity contribution in [2.24, 2.45) is 0 Å².